The minimum atomic E-state index is -1.43. The molecular formula is C18H19GdSi. The summed E-state index contributed by atoms with van der Waals surface area (Å²) < 4.78 is 0. The van der Waals surface area contributed by atoms with Gasteiger partial charge in [-0.05, 0) is 17.2 Å². The molecule has 0 saturated carbocycles. The van der Waals surface area contributed by atoms with Gasteiger partial charge in [0.1, 0.15) is 0 Å². The molecule has 1 aliphatic carbocycles. The van der Waals surface area contributed by atoms with E-state index in [-0.39, 0.29) is 39.9 Å². The zero-order chi connectivity index (χ0) is 13.3. The Balaban J connectivity index is 0.00000147. The van der Waals surface area contributed by atoms with Gasteiger partial charge in [-0.1, -0.05) is 85.4 Å². The molecule has 103 valence electrons. The van der Waals surface area contributed by atoms with Crippen molar-refractivity contribution >= 4 is 14.1 Å². The molecule has 1 radical (unpaired) electrons. The van der Waals surface area contributed by atoms with Crippen LogP contribution >= 0.6 is 0 Å². The quantitative estimate of drug-likeness (QED) is 0.633. The van der Waals surface area contributed by atoms with Crippen molar-refractivity contribution in [2.75, 3.05) is 0 Å². The second-order valence-corrected chi connectivity index (χ2v) is 10.5. The van der Waals surface area contributed by atoms with E-state index < -0.39 is 8.07 Å². The van der Waals surface area contributed by atoms with Crippen molar-refractivity contribution in [3.63, 3.8) is 0 Å². The number of allylic oxidation sites excluding steroid dienone is 1. The maximum Gasteiger partial charge on any atom is 0.0690 e. The second-order valence-electron chi connectivity index (χ2n) is 5.88. The van der Waals surface area contributed by atoms with Crippen LogP contribution in [0.1, 0.15) is 16.7 Å². The van der Waals surface area contributed by atoms with Crippen molar-refractivity contribution in [2.24, 2.45) is 0 Å². The van der Waals surface area contributed by atoms with Crippen LogP contribution < -0.4 is 0 Å². The summed E-state index contributed by atoms with van der Waals surface area (Å²) in [6, 6.07) is 20.8. The van der Waals surface area contributed by atoms with Gasteiger partial charge < -0.3 is 0 Å². The third-order valence-corrected chi connectivity index (χ3v) is 7.08. The van der Waals surface area contributed by atoms with E-state index in [1.807, 2.05) is 0 Å². The Kier molecular flexibility index (Phi) is 5.36. The number of hydrogen-bond acceptors (Lipinski definition) is 0. The minimum Gasteiger partial charge on any atom is -0.0752 e. The Bertz CT molecular complexity index is 602. The Labute approximate surface area is 155 Å². The van der Waals surface area contributed by atoms with Gasteiger partial charge in [-0.3, -0.25) is 0 Å². The molecule has 0 aromatic heterocycles. The van der Waals surface area contributed by atoms with E-state index in [1.165, 1.54) is 22.7 Å². The third-order valence-electron chi connectivity index (χ3n) is 3.90. The molecule has 0 N–H and O–H groups in total. The summed E-state index contributed by atoms with van der Waals surface area (Å²) in [6.45, 7) is 4.95. The van der Waals surface area contributed by atoms with E-state index in [0.717, 1.165) is 0 Å². The molecule has 20 heavy (non-hydrogen) atoms. The first kappa shape index (κ1) is 16.1. The minimum absolute atomic E-state index is 0. The van der Waals surface area contributed by atoms with E-state index in [9.17, 15) is 0 Å². The van der Waals surface area contributed by atoms with Crippen molar-refractivity contribution < 1.29 is 39.9 Å². The van der Waals surface area contributed by atoms with E-state index in [0.29, 0.717) is 0 Å². The smallest absolute Gasteiger partial charge is 0.0690 e. The summed E-state index contributed by atoms with van der Waals surface area (Å²) >= 11 is 0. The fourth-order valence-electron chi connectivity index (χ4n) is 2.94. The molecule has 0 aliphatic heterocycles. The van der Waals surface area contributed by atoms with Gasteiger partial charge >= 0.3 is 0 Å². The summed E-state index contributed by atoms with van der Waals surface area (Å²) in [5.41, 5.74) is 5.89. The number of hydrogen-bond donors (Lipinski definition) is 0. The molecule has 1 aliphatic rings. The van der Waals surface area contributed by atoms with E-state index >= 15 is 0 Å². The van der Waals surface area contributed by atoms with E-state index in [4.69, 9.17) is 0 Å². The molecule has 0 unspecified atom stereocenters. The Hall–Kier alpha value is -0.278. The van der Waals surface area contributed by atoms with Crippen LogP contribution in [0.2, 0.25) is 13.1 Å². The van der Waals surface area contributed by atoms with Crippen molar-refractivity contribution in [2.45, 2.75) is 19.1 Å². The number of rotatable bonds is 3. The molecule has 0 amide bonds. The van der Waals surface area contributed by atoms with Gasteiger partial charge in [0.25, 0.3) is 0 Å². The Morgan fingerprint density at radius 3 is 2.20 bits per heavy atom. The van der Waals surface area contributed by atoms with Crippen molar-refractivity contribution in [3.05, 3.63) is 82.9 Å². The summed E-state index contributed by atoms with van der Waals surface area (Å²) in [4.78, 5) is 0. The monoisotopic (exact) mass is 421 g/mol. The van der Waals surface area contributed by atoms with E-state index in [2.05, 4.69) is 79.8 Å². The molecule has 0 nitrogen and oxygen atoms in total. The van der Waals surface area contributed by atoms with Crippen LogP contribution in [-0.2, 0) is 6.04 Å². The number of benzene rings is 2. The van der Waals surface area contributed by atoms with Crippen LogP contribution in [0.5, 0.6) is 0 Å². The first-order valence-corrected chi connectivity index (χ1v) is 10.1. The molecule has 0 bridgehead atoms. The van der Waals surface area contributed by atoms with Crippen LogP contribution in [-0.4, -0.2) is 8.07 Å². The largest absolute Gasteiger partial charge is 0.0752 e. The number of fused-ring (bicyclic) bond motifs is 1. The summed E-state index contributed by atoms with van der Waals surface area (Å²) in [5.74, 6) is 0. The summed E-state index contributed by atoms with van der Waals surface area (Å²) in [5, 5.41) is 0. The maximum atomic E-state index is 2.47. The standard InChI is InChI=1S/C18H19Si.Gd/c1-19(2,14-15-8-4-3-5-9-15)18-13-12-16-10-6-7-11-17(16)18;/h3-13H,14H2,1-2H3;. The second kappa shape index (κ2) is 6.66. The van der Waals surface area contributed by atoms with Crippen LogP contribution in [0.4, 0.5) is 0 Å². The molecule has 0 spiro atoms. The third kappa shape index (κ3) is 3.30. The fraction of sp³-hybridized carbons (Fsp3) is 0.167. The molecule has 2 aromatic rings. The Morgan fingerprint density at radius 1 is 0.800 bits per heavy atom. The van der Waals surface area contributed by atoms with Gasteiger partial charge in [-0.2, -0.15) is 0 Å². The van der Waals surface area contributed by atoms with Gasteiger partial charge in [-0.25, -0.2) is 0 Å². The van der Waals surface area contributed by atoms with Crippen LogP contribution in [0.3, 0.4) is 0 Å². The van der Waals surface area contributed by atoms with Gasteiger partial charge in [0.05, 0.1) is 8.07 Å². The molecule has 0 saturated heterocycles. The Morgan fingerprint density at radius 2 is 1.45 bits per heavy atom. The predicted molar refractivity (Wildman–Crippen MR) is 85.4 cm³/mol. The van der Waals surface area contributed by atoms with Gasteiger partial charge in [0, 0.05) is 45.5 Å². The van der Waals surface area contributed by atoms with Gasteiger partial charge in [0.15, 0.2) is 0 Å². The van der Waals surface area contributed by atoms with Crippen molar-refractivity contribution in [1.82, 2.24) is 0 Å². The zero-order valence-corrected chi connectivity index (χ0v) is 15.2. The van der Waals surface area contributed by atoms with E-state index in [1.54, 1.807) is 5.54 Å². The predicted octanol–water partition coefficient (Wildman–Crippen LogP) is 4.67. The van der Waals surface area contributed by atoms with Crippen LogP contribution in [0.15, 0.2) is 60.7 Å². The van der Waals surface area contributed by atoms with Gasteiger partial charge in [0.2, 0.25) is 0 Å². The van der Waals surface area contributed by atoms with Crippen LogP contribution in [0, 0.1) is 45.5 Å². The first-order chi connectivity index (χ1) is 9.17. The van der Waals surface area contributed by atoms with Crippen molar-refractivity contribution in [3.8, 4) is 0 Å². The topological polar surface area (TPSA) is 0 Å². The zero-order valence-electron chi connectivity index (χ0n) is 11.9. The molecule has 2 heteroatoms. The molecule has 0 fully saturated rings. The fourth-order valence-corrected chi connectivity index (χ4v) is 5.88. The molecular weight excluding hydrogens is 402 g/mol. The first-order valence-electron chi connectivity index (χ1n) is 6.86. The van der Waals surface area contributed by atoms with Gasteiger partial charge in [-0.15, -0.1) is 0 Å². The molecule has 2 aromatic carbocycles. The molecule has 0 atom stereocenters. The average molecular weight is 421 g/mol. The average Bonchev–Trinajstić information content (AvgIpc) is 2.84. The summed E-state index contributed by atoms with van der Waals surface area (Å²) in [7, 11) is -1.43. The SMILES string of the molecule is C[Si](C)(Cc1ccccc1)[C]1C=Cc2ccccc21.[Gd]. The maximum absolute atomic E-state index is 2.47. The summed E-state index contributed by atoms with van der Waals surface area (Å²) in [6.07, 6.45) is 4.62. The normalized spacial score (nSPS) is 13.9. The molecule has 0 heterocycles. The van der Waals surface area contributed by atoms with Crippen LogP contribution in [0.25, 0.3) is 6.08 Å². The molecule has 3 rings (SSSR count). The van der Waals surface area contributed by atoms with Crippen molar-refractivity contribution in [1.29, 1.82) is 0 Å².